The summed E-state index contributed by atoms with van der Waals surface area (Å²) < 4.78 is 5.52. The fourth-order valence-corrected chi connectivity index (χ4v) is 4.00. The number of likely N-dealkylation sites (tertiary alicyclic amines) is 1. The molecule has 0 unspecified atom stereocenters. The number of anilines is 1. The first kappa shape index (κ1) is 19.4. The highest BCUT2D eigenvalue weighted by Gasteiger charge is 2.43. The van der Waals surface area contributed by atoms with Crippen LogP contribution >= 0.6 is 0 Å². The summed E-state index contributed by atoms with van der Waals surface area (Å²) in [5.41, 5.74) is 1.53. The lowest BCUT2D eigenvalue weighted by molar-refractivity contribution is 0.0282. The molecule has 0 N–H and O–H groups in total. The zero-order chi connectivity index (χ0) is 20.4. The van der Waals surface area contributed by atoms with Crippen molar-refractivity contribution in [2.45, 2.75) is 26.4 Å². The minimum absolute atomic E-state index is 0.203. The van der Waals surface area contributed by atoms with Gasteiger partial charge in [-0.2, -0.15) is 0 Å². The minimum atomic E-state index is -0.454. The Balaban J connectivity index is 1.37. The van der Waals surface area contributed by atoms with Crippen LogP contribution in [0, 0.1) is 11.8 Å². The molecule has 152 valence electrons. The predicted octanol–water partition coefficient (Wildman–Crippen LogP) is 3.95. The van der Waals surface area contributed by atoms with Crippen LogP contribution in [0.25, 0.3) is 12.2 Å². The van der Waals surface area contributed by atoms with Gasteiger partial charge in [0.2, 0.25) is 0 Å². The maximum atomic E-state index is 12.3. The lowest BCUT2D eigenvalue weighted by atomic mass is 10.0. The van der Waals surface area contributed by atoms with Gasteiger partial charge in [-0.15, -0.1) is 0 Å². The second-order valence-corrected chi connectivity index (χ2v) is 8.86. The highest BCUT2D eigenvalue weighted by molar-refractivity contribution is 5.69. The van der Waals surface area contributed by atoms with Crippen molar-refractivity contribution in [2.75, 3.05) is 31.1 Å². The lowest BCUT2D eigenvalue weighted by Crippen LogP contribution is -2.37. The second kappa shape index (κ2) is 7.85. The molecule has 3 heterocycles. The van der Waals surface area contributed by atoms with E-state index in [4.69, 9.17) is 9.72 Å². The van der Waals surface area contributed by atoms with Crippen LogP contribution in [0.1, 0.15) is 32.0 Å². The molecule has 0 saturated carbocycles. The van der Waals surface area contributed by atoms with Gasteiger partial charge in [-0.25, -0.2) is 9.78 Å². The van der Waals surface area contributed by atoms with Gasteiger partial charge >= 0.3 is 6.09 Å². The third-order valence-electron chi connectivity index (χ3n) is 5.35. The first-order valence-corrected chi connectivity index (χ1v) is 10.2. The predicted molar refractivity (Wildman–Crippen MR) is 114 cm³/mol. The quantitative estimate of drug-likeness (QED) is 0.792. The van der Waals surface area contributed by atoms with E-state index in [9.17, 15) is 4.79 Å². The molecule has 0 bridgehead atoms. The number of hydrogen-bond donors (Lipinski definition) is 0. The van der Waals surface area contributed by atoms with E-state index in [0.29, 0.717) is 11.8 Å². The third-order valence-corrected chi connectivity index (χ3v) is 5.35. The Bertz CT molecular complexity index is 877. The van der Waals surface area contributed by atoms with Gasteiger partial charge in [-0.1, -0.05) is 36.4 Å². The Hall–Kier alpha value is -2.89. The molecule has 1 aromatic heterocycles. The summed E-state index contributed by atoms with van der Waals surface area (Å²) in [7, 11) is 0. The smallest absolute Gasteiger partial charge is 0.410 e. The van der Waals surface area contributed by atoms with E-state index in [1.807, 2.05) is 62.2 Å². The molecular formula is C23H28N4O2. The summed E-state index contributed by atoms with van der Waals surface area (Å²) in [4.78, 5) is 25.6. The van der Waals surface area contributed by atoms with Gasteiger partial charge in [0.05, 0.1) is 18.1 Å². The van der Waals surface area contributed by atoms with Crippen LogP contribution in [0.4, 0.5) is 10.6 Å². The van der Waals surface area contributed by atoms with Crippen LogP contribution in [0.15, 0.2) is 42.7 Å². The summed E-state index contributed by atoms with van der Waals surface area (Å²) in [5.74, 6) is 1.80. The maximum absolute atomic E-state index is 12.3. The summed E-state index contributed by atoms with van der Waals surface area (Å²) >= 11 is 0. The van der Waals surface area contributed by atoms with Crippen molar-refractivity contribution in [3.8, 4) is 0 Å². The summed E-state index contributed by atoms with van der Waals surface area (Å²) in [6.07, 6.45) is 7.45. The van der Waals surface area contributed by atoms with Crippen molar-refractivity contribution in [1.82, 2.24) is 14.9 Å². The lowest BCUT2D eigenvalue weighted by Gasteiger charge is -2.26. The largest absolute Gasteiger partial charge is 0.444 e. The molecule has 1 amide bonds. The van der Waals surface area contributed by atoms with Crippen molar-refractivity contribution in [1.29, 1.82) is 0 Å². The van der Waals surface area contributed by atoms with E-state index < -0.39 is 5.60 Å². The molecule has 0 aliphatic carbocycles. The molecule has 2 aromatic rings. The molecular weight excluding hydrogens is 364 g/mol. The first-order chi connectivity index (χ1) is 13.9. The van der Waals surface area contributed by atoms with E-state index in [-0.39, 0.29) is 6.09 Å². The molecule has 6 nitrogen and oxygen atoms in total. The monoisotopic (exact) mass is 392 g/mol. The van der Waals surface area contributed by atoms with Crippen LogP contribution in [-0.4, -0.2) is 52.7 Å². The number of ether oxygens (including phenoxy) is 1. The van der Waals surface area contributed by atoms with E-state index in [1.165, 1.54) is 0 Å². The van der Waals surface area contributed by atoms with Gasteiger partial charge in [0, 0.05) is 38.0 Å². The van der Waals surface area contributed by atoms with E-state index in [2.05, 4.69) is 22.0 Å². The average molecular weight is 393 g/mol. The number of nitrogens with zero attached hydrogens (tertiary/aromatic N) is 4. The minimum Gasteiger partial charge on any atom is -0.444 e. The van der Waals surface area contributed by atoms with Crippen molar-refractivity contribution in [3.63, 3.8) is 0 Å². The van der Waals surface area contributed by atoms with Crippen LogP contribution in [0.5, 0.6) is 0 Å². The zero-order valence-corrected chi connectivity index (χ0v) is 17.3. The maximum Gasteiger partial charge on any atom is 0.410 e. The fourth-order valence-electron chi connectivity index (χ4n) is 4.00. The van der Waals surface area contributed by atoms with Crippen LogP contribution in [-0.2, 0) is 4.74 Å². The SMILES string of the molecule is CC(C)(C)OC(=O)N1C[C@@H]2CN(c3cncc(C=Cc4ccccc4)n3)C[C@@H]2C1. The number of aromatic nitrogens is 2. The second-order valence-electron chi connectivity index (χ2n) is 8.86. The third kappa shape index (κ3) is 4.75. The van der Waals surface area contributed by atoms with Crippen molar-refractivity contribution in [2.24, 2.45) is 11.8 Å². The summed E-state index contributed by atoms with van der Waals surface area (Å²) in [5, 5.41) is 0. The number of benzene rings is 1. The molecule has 4 rings (SSSR count). The number of carbonyl (C=O) groups excluding carboxylic acids is 1. The van der Waals surface area contributed by atoms with Gasteiger partial charge in [-0.3, -0.25) is 4.98 Å². The first-order valence-electron chi connectivity index (χ1n) is 10.2. The fraction of sp³-hybridized carbons (Fsp3) is 0.435. The molecule has 29 heavy (non-hydrogen) atoms. The van der Waals surface area contributed by atoms with Gasteiger partial charge in [0.25, 0.3) is 0 Å². The standard InChI is InChI=1S/C23H28N4O2/c1-23(2,3)29-22(28)27-15-18-13-26(14-19(18)16-27)21-12-24-11-20(25-21)10-9-17-7-5-4-6-8-17/h4-12,18-19H,13-16H2,1-3H3/t18-,19+. The van der Waals surface area contributed by atoms with Crippen LogP contribution in [0.2, 0.25) is 0 Å². The Morgan fingerprint density at radius 2 is 1.72 bits per heavy atom. The molecule has 0 radical (unpaired) electrons. The number of hydrogen-bond acceptors (Lipinski definition) is 5. The zero-order valence-electron chi connectivity index (χ0n) is 17.3. The Morgan fingerprint density at radius 3 is 2.38 bits per heavy atom. The number of carbonyl (C=O) groups is 1. The van der Waals surface area contributed by atoms with Crippen molar-refractivity contribution < 1.29 is 9.53 Å². The highest BCUT2D eigenvalue weighted by atomic mass is 16.6. The molecule has 6 heteroatoms. The normalized spacial score (nSPS) is 21.6. The molecule has 2 atom stereocenters. The molecule has 1 aromatic carbocycles. The Kier molecular flexibility index (Phi) is 5.26. The Labute approximate surface area is 172 Å². The van der Waals surface area contributed by atoms with Gasteiger partial charge < -0.3 is 14.5 Å². The van der Waals surface area contributed by atoms with Gasteiger partial charge in [-0.05, 0) is 32.4 Å². The highest BCUT2D eigenvalue weighted by Crippen LogP contribution is 2.33. The topological polar surface area (TPSA) is 58.6 Å². The van der Waals surface area contributed by atoms with Crippen LogP contribution < -0.4 is 4.90 Å². The van der Waals surface area contributed by atoms with Gasteiger partial charge in [0.15, 0.2) is 0 Å². The van der Waals surface area contributed by atoms with Crippen molar-refractivity contribution in [3.05, 3.63) is 54.0 Å². The van der Waals surface area contributed by atoms with Crippen LogP contribution in [0.3, 0.4) is 0 Å². The summed E-state index contributed by atoms with van der Waals surface area (Å²) in [6.45, 7) is 8.99. The van der Waals surface area contributed by atoms with E-state index >= 15 is 0 Å². The number of rotatable bonds is 3. The molecule has 2 aliphatic heterocycles. The molecule has 2 fully saturated rings. The number of amides is 1. The molecule has 0 spiro atoms. The Morgan fingerprint density at radius 1 is 1.03 bits per heavy atom. The average Bonchev–Trinajstić information content (AvgIpc) is 3.25. The molecule has 2 aliphatic rings. The van der Waals surface area contributed by atoms with Gasteiger partial charge in [0.1, 0.15) is 11.4 Å². The molecule has 2 saturated heterocycles. The van der Waals surface area contributed by atoms with E-state index in [0.717, 1.165) is 43.3 Å². The number of fused-ring (bicyclic) bond motifs is 1. The van der Waals surface area contributed by atoms with Crippen molar-refractivity contribution >= 4 is 24.1 Å². The van der Waals surface area contributed by atoms with E-state index in [1.54, 1.807) is 6.20 Å². The summed E-state index contributed by atoms with van der Waals surface area (Å²) in [6, 6.07) is 10.2.